The molecule has 4 nitrogen and oxygen atoms in total. The maximum absolute atomic E-state index is 5.85. The Hall–Kier alpha value is -1.17. The van der Waals surface area contributed by atoms with E-state index >= 15 is 0 Å². The summed E-state index contributed by atoms with van der Waals surface area (Å²) in [6.45, 7) is 7.08. The molecule has 0 radical (unpaired) electrons. The second-order valence-electron chi connectivity index (χ2n) is 6.70. The molecule has 1 fully saturated rings. The molecule has 0 bridgehead atoms. The highest BCUT2D eigenvalue weighted by Gasteiger charge is 2.38. The largest absolute Gasteiger partial charge is 0.381 e. The van der Waals surface area contributed by atoms with Gasteiger partial charge in [-0.25, -0.2) is 0 Å². The van der Waals surface area contributed by atoms with E-state index in [4.69, 9.17) is 4.74 Å². The predicted octanol–water partition coefficient (Wildman–Crippen LogP) is 3.34. The molecule has 0 saturated carbocycles. The lowest BCUT2D eigenvalue weighted by molar-refractivity contribution is 0.0490. The van der Waals surface area contributed by atoms with Crippen molar-refractivity contribution in [3.05, 3.63) is 40.3 Å². The molecule has 1 aliphatic rings. The van der Waals surface area contributed by atoms with Gasteiger partial charge in [-0.05, 0) is 44.2 Å². The molecule has 0 aromatic carbocycles. The molecular weight excluding hydrogens is 306 g/mol. The third kappa shape index (κ3) is 4.43. The van der Waals surface area contributed by atoms with Gasteiger partial charge < -0.3 is 4.74 Å². The average molecular weight is 334 g/mol. The van der Waals surface area contributed by atoms with Crippen molar-refractivity contribution in [3.63, 3.8) is 0 Å². The minimum atomic E-state index is 0.308. The van der Waals surface area contributed by atoms with E-state index < -0.39 is 0 Å². The van der Waals surface area contributed by atoms with Gasteiger partial charge in [0.05, 0.1) is 12.8 Å². The number of nitrogens with zero attached hydrogens (tertiary/aromatic N) is 3. The molecule has 1 atom stereocenters. The fourth-order valence-corrected chi connectivity index (χ4v) is 4.24. The number of ether oxygens (including phenoxy) is 1. The second-order valence-corrected chi connectivity index (χ2v) is 7.73. The summed E-state index contributed by atoms with van der Waals surface area (Å²) in [6.07, 6.45) is 7.73. The molecular formula is C18H27N3OS. The minimum Gasteiger partial charge on any atom is -0.381 e. The molecule has 0 amide bonds. The van der Waals surface area contributed by atoms with Crippen LogP contribution in [0.3, 0.4) is 0 Å². The number of hydrogen-bond acceptors (Lipinski definition) is 4. The number of rotatable bonds is 8. The lowest BCUT2D eigenvalue weighted by Gasteiger charge is -2.29. The summed E-state index contributed by atoms with van der Waals surface area (Å²) >= 11 is 1.87. The van der Waals surface area contributed by atoms with Crippen molar-refractivity contribution in [1.82, 2.24) is 14.7 Å². The molecule has 2 aromatic heterocycles. The van der Waals surface area contributed by atoms with Gasteiger partial charge in [0, 0.05) is 48.8 Å². The highest BCUT2D eigenvalue weighted by atomic mass is 32.1. The van der Waals surface area contributed by atoms with E-state index in [1.54, 1.807) is 0 Å². The van der Waals surface area contributed by atoms with Crippen LogP contribution < -0.4 is 0 Å². The summed E-state index contributed by atoms with van der Waals surface area (Å²) in [7, 11) is 1.98. The van der Waals surface area contributed by atoms with Crippen molar-refractivity contribution in [2.24, 2.45) is 12.5 Å². The minimum absolute atomic E-state index is 0.308. The number of aryl methyl sites for hydroxylation is 2. The van der Waals surface area contributed by atoms with Crippen molar-refractivity contribution < 1.29 is 4.74 Å². The number of aromatic nitrogens is 2. The maximum atomic E-state index is 5.85. The zero-order valence-corrected chi connectivity index (χ0v) is 15.0. The van der Waals surface area contributed by atoms with Crippen LogP contribution in [0.1, 0.15) is 30.2 Å². The summed E-state index contributed by atoms with van der Waals surface area (Å²) < 4.78 is 7.74. The summed E-state index contributed by atoms with van der Waals surface area (Å²) in [5.74, 6) is 0. The molecule has 0 spiro atoms. The third-order valence-electron chi connectivity index (χ3n) is 4.78. The Kier molecular flexibility index (Phi) is 5.51. The van der Waals surface area contributed by atoms with Crippen LogP contribution in [0.2, 0.25) is 0 Å². The zero-order valence-electron chi connectivity index (χ0n) is 14.2. The third-order valence-corrected chi connectivity index (χ3v) is 5.71. The molecule has 1 aliphatic heterocycles. The van der Waals surface area contributed by atoms with Gasteiger partial charge in [-0.1, -0.05) is 6.07 Å². The van der Waals surface area contributed by atoms with E-state index in [-0.39, 0.29) is 0 Å². The van der Waals surface area contributed by atoms with Crippen LogP contribution in [0, 0.1) is 5.41 Å². The molecule has 3 rings (SSSR count). The Labute approximate surface area is 143 Å². The first-order chi connectivity index (χ1) is 11.2. The fourth-order valence-electron chi connectivity index (χ4n) is 3.53. The predicted molar refractivity (Wildman–Crippen MR) is 94.7 cm³/mol. The van der Waals surface area contributed by atoms with Crippen molar-refractivity contribution in [2.75, 3.05) is 26.3 Å². The highest BCUT2D eigenvalue weighted by Crippen LogP contribution is 2.36. The Morgan fingerprint density at radius 3 is 3.04 bits per heavy atom. The van der Waals surface area contributed by atoms with Crippen LogP contribution in [-0.4, -0.2) is 41.0 Å². The van der Waals surface area contributed by atoms with Crippen LogP contribution in [0.15, 0.2) is 29.9 Å². The van der Waals surface area contributed by atoms with Gasteiger partial charge in [0.25, 0.3) is 0 Å². The van der Waals surface area contributed by atoms with Crippen molar-refractivity contribution >= 4 is 11.3 Å². The first-order valence-electron chi connectivity index (χ1n) is 8.49. The van der Waals surface area contributed by atoms with Crippen LogP contribution >= 0.6 is 11.3 Å². The van der Waals surface area contributed by atoms with E-state index in [2.05, 4.69) is 40.6 Å². The Morgan fingerprint density at radius 1 is 1.43 bits per heavy atom. The van der Waals surface area contributed by atoms with Gasteiger partial charge in [-0.15, -0.1) is 11.3 Å². The summed E-state index contributed by atoms with van der Waals surface area (Å²) in [4.78, 5) is 4.05. The molecule has 0 unspecified atom stereocenters. The summed E-state index contributed by atoms with van der Waals surface area (Å²) in [6, 6.07) is 4.40. The molecule has 3 heterocycles. The van der Waals surface area contributed by atoms with Gasteiger partial charge >= 0.3 is 0 Å². The highest BCUT2D eigenvalue weighted by molar-refractivity contribution is 7.09. The van der Waals surface area contributed by atoms with Gasteiger partial charge in [-0.2, -0.15) is 5.10 Å². The summed E-state index contributed by atoms with van der Waals surface area (Å²) in [5, 5.41) is 6.46. The molecule has 0 N–H and O–H groups in total. The Balaban J connectivity index is 1.60. The van der Waals surface area contributed by atoms with E-state index in [0.29, 0.717) is 5.41 Å². The fraction of sp³-hybridized carbons (Fsp3) is 0.611. The van der Waals surface area contributed by atoms with Crippen LogP contribution in [0.4, 0.5) is 0 Å². The Bertz CT molecular complexity index is 595. The molecule has 126 valence electrons. The van der Waals surface area contributed by atoms with Crippen molar-refractivity contribution in [2.45, 2.75) is 32.7 Å². The van der Waals surface area contributed by atoms with Gasteiger partial charge in [0.15, 0.2) is 0 Å². The molecule has 5 heteroatoms. The van der Waals surface area contributed by atoms with Gasteiger partial charge in [-0.3, -0.25) is 9.58 Å². The molecule has 1 saturated heterocycles. The standard InChI is InChI=1S/C18H27N3OS/c1-3-22-15-18(7-6-17-5-4-10-23-17)8-9-21(14-18)13-16-11-19-20(2)12-16/h4-5,10-12H,3,6-9,13-15H2,1-2H3/t18-/m0/s1. The van der Waals surface area contributed by atoms with E-state index in [1.807, 2.05) is 29.3 Å². The molecule has 2 aromatic rings. The lowest BCUT2D eigenvalue weighted by atomic mass is 9.83. The Morgan fingerprint density at radius 2 is 2.35 bits per heavy atom. The number of thiophene rings is 1. The topological polar surface area (TPSA) is 30.3 Å². The second kappa shape index (κ2) is 7.60. The number of hydrogen-bond donors (Lipinski definition) is 0. The van der Waals surface area contributed by atoms with Crippen LogP contribution in [-0.2, 0) is 24.8 Å². The quantitative estimate of drug-likeness (QED) is 0.742. The van der Waals surface area contributed by atoms with Gasteiger partial charge in [0.2, 0.25) is 0 Å². The lowest BCUT2D eigenvalue weighted by Crippen LogP contribution is -2.32. The number of likely N-dealkylation sites (tertiary alicyclic amines) is 1. The first-order valence-corrected chi connectivity index (χ1v) is 9.37. The summed E-state index contributed by atoms with van der Waals surface area (Å²) in [5.41, 5.74) is 1.61. The van der Waals surface area contributed by atoms with E-state index in [9.17, 15) is 0 Å². The van der Waals surface area contributed by atoms with Crippen LogP contribution in [0.5, 0.6) is 0 Å². The molecule has 0 aliphatic carbocycles. The smallest absolute Gasteiger partial charge is 0.0535 e. The van der Waals surface area contributed by atoms with Gasteiger partial charge in [0.1, 0.15) is 0 Å². The van der Waals surface area contributed by atoms with E-state index in [1.165, 1.54) is 29.7 Å². The van der Waals surface area contributed by atoms with Crippen LogP contribution in [0.25, 0.3) is 0 Å². The first kappa shape index (κ1) is 16.7. The normalized spacial score (nSPS) is 22.0. The SMILES string of the molecule is CCOC[C@@]1(CCc2cccs2)CCN(Cc2cnn(C)c2)C1. The van der Waals surface area contributed by atoms with E-state index in [0.717, 1.165) is 32.8 Å². The average Bonchev–Trinajstić information content (AvgIpc) is 3.26. The zero-order chi connectivity index (χ0) is 16.1. The molecule has 23 heavy (non-hydrogen) atoms. The van der Waals surface area contributed by atoms with Crippen molar-refractivity contribution in [3.8, 4) is 0 Å². The monoisotopic (exact) mass is 333 g/mol. The van der Waals surface area contributed by atoms with Crippen molar-refractivity contribution in [1.29, 1.82) is 0 Å². The maximum Gasteiger partial charge on any atom is 0.0535 e.